The molecule has 23 heavy (non-hydrogen) atoms. The van der Waals surface area contributed by atoms with Crippen LogP contribution in [0.25, 0.3) is 11.1 Å². The van der Waals surface area contributed by atoms with E-state index in [0.29, 0.717) is 6.01 Å². The number of hydrogen-bond donors (Lipinski definition) is 1. The van der Waals surface area contributed by atoms with Crippen LogP contribution in [0.2, 0.25) is 0 Å². The molecule has 0 aliphatic rings. The number of nitrogens with zero attached hydrogens (tertiary/aromatic N) is 1. The van der Waals surface area contributed by atoms with E-state index in [1.54, 1.807) is 11.8 Å². The fraction of sp³-hybridized carbons (Fsp3) is 0. The van der Waals surface area contributed by atoms with Gasteiger partial charge in [-0.05, 0) is 48.5 Å². The largest absolute Gasteiger partial charge is 0.423 e. The first-order chi connectivity index (χ1) is 11.4. The van der Waals surface area contributed by atoms with Crippen molar-refractivity contribution < 1.29 is 4.42 Å². The zero-order valence-electron chi connectivity index (χ0n) is 12.3. The molecule has 0 aliphatic carbocycles. The summed E-state index contributed by atoms with van der Waals surface area (Å²) >= 11 is 1.74. The molecule has 3 aromatic carbocycles. The maximum Gasteiger partial charge on any atom is 0.300 e. The van der Waals surface area contributed by atoms with Crippen LogP contribution in [0, 0.1) is 0 Å². The summed E-state index contributed by atoms with van der Waals surface area (Å²) in [5.74, 6) is 0. The number of oxazole rings is 1. The highest BCUT2D eigenvalue weighted by Gasteiger charge is 2.05. The van der Waals surface area contributed by atoms with E-state index in [4.69, 9.17) is 4.42 Å². The molecule has 4 rings (SSSR count). The van der Waals surface area contributed by atoms with Crippen LogP contribution >= 0.6 is 11.8 Å². The van der Waals surface area contributed by atoms with E-state index in [2.05, 4.69) is 34.6 Å². The summed E-state index contributed by atoms with van der Waals surface area (Å²) in [7, 11) is 0. The summed E-state index contributed by atoms with van der Waals surface area (Å²) in [5.41, 5.74) is 2.59. The van der Waals surface area contributed by atoms with Gasteiger partial charge in [-0.1, -0.05) is 42.1 Å². The summed E-state index contributed by atoms with van der Waals surface area (Å²) in [4.78, 5) is 6.84. The Labute approximate surface area is 138 Å². The lowest BCUT2D eigenvalue weighted by Crippen LogP contribution is -1.89. The van der Waals surface area contributed by atoms with Gasteiger partial charge in [-0.15, -0.1) is 0 Å². The van der Waals surface area contributed by atoms with E-state index < -0.39 is 0 Å². The van der Waals surface area contributed by atoms with Crippen LogP contribution < -0.4 is 5.32 Å². The van der Waals surface area contributed by atoms with Crippen LogP contribution in [-0.2, 0) is 0 Å². The van der Waals surface area contributed by atoms with E-state index in [0.717, 1.165) is 16.8 Å². The minimum absolute atomic E-state index is 0.509. The number of aromatic nitrogens is 1. The van der Waals surface area contributed by atoms with E-state index in [1.807, 2.05) is 54.6 Å². The third-order valence-corrected chi connectivity index (χ3v) is 4.39. The van der Waals surface area contributed by atoms with Gasteiger partial charge in [-0.25, -0.2) is 0 Å². The number of hydrogen-bond acceptors (Lipinski definition) is 4. The molecule has 1 aromatic heterocycles. The van der Waals surface area contributed by atoms with Crippen molar-refractivity contribution in [3.05, 3.63) is 78.9 Å². The van der Waals surface area contributed by atoms with Crippen molar-refractivity contribution in [2.45, 2.75) is 9.79 Å². The maximum atomic E-state index is 5.67. The highest BCUT2D eigenvalue weighted by atomic mass is 32.2. The van der Waals surface area contributed by atoms with Gasteiger partial charge in [-0.2, -0.15) is 4.98 Å². The second kappa shape index (κ2) is 6.18. The Bertz CT molecular complexity index is 884. The predicted octanol–water partition coefficient (Wildman–Crippen LogP) is 5.72. The van der Waals surface area contributed by atoms with Crippen molar-refractivity contribution in [3.63, 3.8) is 0 Å². The van der Waals surface area contributed by atoms with E-state index in [-0.39, 0.29) is 0 Å². The molecule has 0 amide bonds. The SMILES string of the molecule is c1ccc(Sc2ccc(Nc3nc4ccccc4o3)cc2)cc1. The molecule has 0 fully saturated rings. The molecule has 3 nitrogen and oxygen atoms in total. The van der Waals surface area contributed by atoms with Crippen LogP contribution in [-0.4, -0.2) is 4.98 Å². The van der Waals surface area contributed by atoms with Crippen molar-refractivity contribution in [1.29, 1.82) is 0 Å². The molecular formula is C19H14N2OS. The molecule has 0 spiro atoms. The Hall–Kier alpha value is -2.72. The van der Waals surface area contributed by atoms with Gasteiger partial charge >= 0.3 is 0 Å². The summed E-state index contributed by atoms with van der Waals surface area (Å²) in [6, 6.07) is 26.8. The van der Waals surface area contributed by atoms with E-state index in [9.17, 15) is 0 Å². The molecular weight excluding hydrogens is 304 g/mol. The monoisotopic (exact) mass is 318 g/mol. The first-order valence-electron chi connectivity index (χ1n) is 7.32. The van der Waals surface area contributed by atoms with Crippen molar-refractivity contribution in [2.75, 3.05) is 5.32 Å². The van der Waals surface area contributed by atoms with Gasteiger partial charge in [-0.3, -0.25) is 0 Å². The topological polar surface area (TPSA) is 38.1 Å². The van der Waals surface area contributed by atoms with Gasteiger partial charge in [0.25, 0.3) is 6.01 Å². The molecule has 112 valence electrons. The highest BCUT2D eigenvalue weighted by molar-refractivity contribution is 7.99. The van der Waals surface area contributed by atoms with Crippen LogP contribution in [0.4, 0.5) is 11.7 Å². The lowest BCUT2D eigenvalue weighted by atomic mass is 10.3. The Morgan fingerprint density at radius 2 is 1.43 bits per heavy atom. The van der Waals surface area contributed by atoms with Crippen molar-refractivity contribution >= 4 is 34.6 Å². The Morgan fingerprint density at radius 3 is 2.22 bits per heavy atom. The molecule has 4 aromatic rings. The number of benzene rings is 3. The minimum atomic E-state index is 0.509. The van der Waals surface area contributed by atoms with Crippen molar-refractivity contribution in [3.8, 4) is 0 Å². The number of rotatable bonds is 4. The summed E-state index contributed by atoms with van der Waals surface area (Å²) in [6.45, 7) is 0. The predicted molar refractivity (Wildman–Crippen MR) is 94.3 cm³/mol. The first kappa shape index (κ1) is 13.9. The Kier molecular flexibility index (Phi) is 3.74. The van der Waals surface area contributed by atoms with Crippen LogP contribution in [0.5, 0.6) is 0 Å². The molecule has 0 unspecified atom stereocenters. The standard InChI is InChI=1S/C19H14N2OS/c1-2-6-15(7-3-1)23-16-12-10-14(11-13-16)20-19-21-17-8-4-5-9-18(17)22-19/h1-13H,(H,20,21). The summed E-state index contributed by atoms with van der Waals surface area (Å²) in [6.07, 6.45) is 0. The van der Waals surface area contributed by atoms with Gasteiger partial charge < -0.3 is 9.73 Å². The van der Waals surface area contributed by atoms with Crippen LogP contribution in [0.1, 0.15) is 0 Å². The molecule has 1 heterocycles. The maximum absolute atomic E-state index is 5.67. The lowest BCUT2D eigenvalue weighted by Gasteiger charge is -2.04. The van der Waals surface area contributed by atoms with Gasteiger partial charge in [0.1, 0.15) is 5.52 Å². The molecule has 0 bridgehead atoms. The van der Waals surface area contributed by atoms with Crippen molar-refractivity contribution in [2.24, 2.45) is 0 Å². The third-order valence-electron chi connectivity index (χ3n) is 3.38. The molecule has 0 radical (unpaired) electrons. The molecule has 1 N–H and O–H groups in total. The number of fused-ring (bicyclic) bond motifs is 1. The normalized spacial score (nSPS) is 10.8. The number of anilines is 2. The van der Waals surface area contributed by atoms with E-state index >= 15 is 0 Å². The average Bonchev–Trinajstić information content (AvgIpc) is 3.00. The van der Waals surface area contributed by atoms with Crippen LogP contribution in [0.3, 0.4) is 0 Å². The highest BCUT2D eigenvalue weighted by Crippen LogP contribution is 2.29. The Morgan fingerprint density at radius 1 is 0.739 bits per heavy atom. The first-order valence-corrected chi connectivity index (χ1v) is 8.14. The molecule has 0 saturated carbocycles. The van der Waals surface area contributed by atoms with Gasteiger partial charge in [0.05, 0.1) is 0 Å². The zero-order chi connectivity index (χ0) is 15.5. The summed E-state index contributed by atoms with van der Waals surface area (Å²) in [5, 5.41) is 3.20. The third kappa shape index (κ3) is 3.22. The molecule has 0 aliphatic heterocycles. The fourth-order valence-corrected chi connectivity index (χ4v) is 3.12. The number of nitrogens with one attached hydrogen (secondary N) is 1. The van der Waals surface area contributed by atoms with Gasteiger partial charge in [0, 0.05) is 15.5 Å². The smallest absolute Gasteiger partial charge is 0.300 e. The zero-order valence-corrected chi connectivity index (χ0v) is 13.1. The number of para-hydroxylation sites is 2. The average molecular weight is 318 g/mol. The molecule has 4 heteroatoms. The van der Waals surface area contributed by atoms with E-state index in [1.165, 1.54) is 9.79 Å². The minimum Gasteiger partial charge on any atom is -0.423 e. The second-order valence-corrected chi connectivity index (χ2v) is 6.20. The molecule has 0 saturated heterocycles. The Balaban J connectivity index is 1.49. The van der Waals surface area contributed by atoms with Crippen molar-refractivity contribution in [1.82, 2.24) is 4.98 Å². The quantitative estimate of drug-likeness (QED) is 0.522. The van der Waals surface area contributed by atoms with Gasteiger partial charge in [0.15, 0.2) is 5.58 Å². The lowest BCUT2D eigenvalue weighted by molar-refractivity contribution is 0.623. The fourth-order valence-electron chi connectivity index (χ4n) is 2.28. The van der Waals surface area contributed by atoms with Crippen LogP contribution in [0.15, 0.2) is 93.1 Å². The second-order valence-electron chi connectivity index (χ2n) is 5.05. The summed E-state index contributed by atoms with van der Waals surface area (Å²) < 4.78 is 5.67. The molecule has 0 atom stereocenters. The van der Waals surface area contributed by atoms with Gasteiger partial charge in [0.2, 0.25) is 0 Å².